The predicted molar refractivity (Wildman–Crippen MR) is 207 cm³/mol. The Hall–Kier alpha value is -3.11. The molecule has 0 amide bonds. The summed E-state index contributed by atoms with van der Waals surface area (Å²) >= 11 is 0. The number of hydrogen-bond acceptors (Lipinski definition) is 4. The third-order valence-electron chi connectivity index (χ3n) is 9.50. The van der Waals surface area contributed by atoms with Gasteiger partial charge in [0.1, 0.15) is 11.5 Å². The molecular weight excluding hydrogens is 604 g/mol. The van der Waals surface area contributed by atoms with Gasteiger partial charge in [-0.2, -0.15) is 0 Å². The van der Waals surface area contributed by atoms with Gasteiger partial charge in [0, 0.05) is 6.61 Å². The van der Waals surface area contributed by atoms with Crippen LogP contribution in [0.2, 0.25) is 0 Å². The number of esters is 1. The third kappa shape index (κ3) is 17.4. The molecule has 0 saturated heterocycles. The fourth-order valence-corrected chi connectivity index (χ4v) is 6.24. The second-order valence-electron chi connectivity index (χ2n) is 13.8. The molecule has 0 aliphatic heterocycles. The third-order valence-corrected chi connectivity index (χ3v) is 9.50. The Kier molecular flexibility index (Phi) is 21.2. The topological polar surface area (TPSA) is 44.8 Å². The number of benzene rings is 3. The Bertz CT molecular complexity index is 1230. The van der Waals surface area contributed by atoms with Crippen molar-refractivity contribution in [2.75, 3.05) is 13.2 Å². The number of hydrogen-bond donors (Lipinski definition) is 0. The fourth-order valence-electron chi connectivity index (χ4n) is 6.24. The molecule has 0 spiro atoms. The Labute approximate surface area is 299 Å². The lowest BCUT2D eigenvalue weighted by Crippen LogP contribution is -2.09. The predicted octanol–water partition coefficient (Wildman–Crippen LogP) is 13.9. The Morgan fingerprint density at radius 3 is 1.37 bits per heavy atom. The Morgan fingerprint density at radius 2 is 0.898 bits per heavy atom. The molecule has 0 fully saturated rings. The maximum Gasteiger partial charge on any atom is 0.343 e. The van der Waals surface area contributed by atoms with E-state index in [-0.39, 0.29) is 12.1 Å². The van der Waals surface area contributed by atoms with Gasteiger partial charge >= 0.3 is 5.97 Å². The molecule has 0 saturated carbocycles. The highest BCUT2D eigenvalue weighted by Crippen LogP contribution is 2.26. The molecule has 3 rings (SSSR count). The first kappa shape index (κ1) is 40.3. The lowest BCUT2D eigenvalue weighted by molar-refractivity contribution is 0.0626. The monoisotopic (exact) mass is 670 g/mol. The van der Waals surface area contributed by atoms with Gasteiger partial charge in [0.25, 0.3) is 0 Å². The van der Waals surface area contributed by atoms with Crippen molar-refractivity contribution in [1.82, 2.24) is 0 Å². The average molecular weight is 671 g/mol. The van der Waals surface area contributed by atoms with E-state index >= 15 is 0 Å². The van der Waals surface area contributed by atoms with E-state index in [1.165, 1.54) is 116 Å². The minimum absolute atomic E-state index is 0.00125. The van der Waals surface area contributed by atoms with Gasteiger partial charge < -0.3 is 14.2 Å². The molecule has 0 aliphatic carbocycles. The van der Waals surface area contributed by atoms with Gasteiger partial charge in [0.05, 0.1) is 18.3 Å². The summed E-state index contributed by atoms with van der Waals surface area (Å²) in [6, 6.07) is 23.5. The summed E-state index contributed by atoms with van der Waals surface area (Å²) in [4.78, 5) is 12.8. The quantitative estimate of drug-likeness (QED) is 0.0438. The van der Waals surface area contributed by atoms with Gasteiger partial charge in [-0.05, 0) is 72.9 Å². The summed E-state index contributed by atoms with van der Waals surface area (Å²) in [5.74, 6) is 1.08. The van der Waals surface area contributed by atoms with E-state index in [0.29, 0.717) is 11.3 Å². The van der Waals surface area contributed by atoms with E-state index in [0.717, 1.165) is 48.5 Å². The molecule has 0 radical (unpaired) electrons. The summed E-state index contributed by atoms with van der Waals surface area (Å²) in [5, 5.41) is 0. The van der Waals surface area contributed by atoms with Gasteiger partial charge in [0.15, 0.2) is 0 Å². The van der Waals surface area contributed by atoms with Crippen LogP contribution in [0.5, 0.6) is 11.5 Å². The van der Waals surface area contributed by atoms with Crippen molar-refractivity contribution in [3.05, 3.63) is 83.9 Å². The summed E-state index contributed by atoms with van der Waals surface area (Å²) in [5.41, 5.74) is 3.77. The first-order valence-corrected chi connectivity index (χ1v) is 19.9. The molecule has 1 unspecified atom stereocenters. The van der Waals surface area contributed by atoms with Crippen molar-refractivity contribution in [2.45, 2.75) is 155 Å². The van der Waals surface area contributed by atoms with Crippen molar-refractivity contribution in [1.29, 1.82) is 0 Å². The fraction of sp³-hybridized carbons (Fsp3) is 0.578. The largest absolute Gasteiger partial charge is 0.494 e. The van der Waals surface area contributed by atoms with Crippen molar-refractivity contribution in [2.24, 2.45) is 0 Å². The number of carbonyl (C=O) groups is 1. The van der Waals surface area contributed by atoms with Gasteiger partial charge in [-0.1, -0.05) is 166 Å². The van der Waals surface area contributed by atoms with E-state index in [2.05, 4.69) is 32.9 Å². The van der Waals surface area contributed by atoms with Crippen LogP contribution in [0.1, 0.15) is 171 Å². The Morgan fingerprint density at radius 1 is 0.490 bits per heavy atom. The molecule has 3 aromatic carbocycles. The molecule has 49 heavy (non-hydrogen) atoms. The second-order valence-corrected chi connectivity index (χ2v) is 13.8. The minimum Gasteiger partial charge on any atom is -0.494 e. The average Bonchev–Trinajstić information content (AvgIpc) is 3.13. The summed E-state index contributed by atoms with van der Waals surface area (Å²) in [7, 11) is 0. The number of carbonyl (C=O) groups excluding carboxylic acids is 1. The molecule has 4 heteroatoms. The standard InChI is InChI=1S/C45H66O4/c1-4-6-8-10-12-14-16-18-20-22-36-47-38(3)39-24-26-42(27-25-39)45(46)49-44-34-30-41(31-35-44)40-28-32-43(33-29-40)48-37-23-21-19-17-15-13-11-9-7-5-2/h24-35,38H,4-23,36-37H2,1-3H3. The van der Waals surface area contributed by atoms with Crippen LogP contribution in [0.4, 0.5) is 0 Å². The van der Waals surface area contributed by atoms with Crippen LogP contribution in [-0.2, 0) is 4.74 Å². The maximum absolute atomic E-state index is 12.8. The van der Waals surface area contributed by atoms with Crippen LogP contribution >= 0.6 is 0 Å². The van der Waals surface area contributed by atoms with Gasteiger partial charge in [0.2, 0.25) is 0 Å². The van der Waals surface area contributed by atoms with Gasteiger partial charge in [-0.25, -0.2) is 4.79 Å². The highest BCUT2D eigenvalue weighted by atomic mass is 16.5. The normalized spacial score (nSPS) is 11.8. The molecule has 0 N–H and O–H groups in total. The molecule has 270 valence electrons. The lowest BCUT2D eigenvalue weighted by atomic mass is 10.1. The number of rotatable bonds is 28. The first-order chi connectivity index (χ1) is 24.1. The van der Waals surface area contributed by atoms with Crippen LogP contribution in [0.3, 0.4) is 0 Å². The molecular formula is C45H66O4. The molecule has 0 aliphatic rings. The zero-order valence-corrected chi connectivity index (χ0v) is 31.2. The van der Waals surface area contributed by atoms with E-state index in [9.17, 15) is 4.79 Å². The van der Waals surface area contributed by atoms with Crippen molar-refractivity contribution in [3.8, 4) is 22.6 Å². The number of unbranched alkanes of at least 4 members (excludes halogenated alkanes) is 18. The summed E-state index contributed by atoms with van der Waals surface area (Å²) < 4.78 is 17.7. The minimum atomic E-state index is -0.359. The van der Waals surface area contributed by atoms with Crippen LogP contribution in [-0.4, -0.2) is 19.2 Å². The summed E-state index contributed by atoms with van der Waals surface area (Å²) in [6.07, 6.45) is 26.5. The smallest absolute Gasteiger partial charge is 0.343 e. The highest BCUT2D eigenvalue weighted by Gasteiger charge is 2.12. The van der Waals surface area contributed by atoms with Crippen molar-refractivity contribution < 1.29 is 19.0 Å². The summed E-state index contributed by atoms with van der Waals surface area (Å²) in [6.45, 7) is 8.16. The molecule has 3 aromatic rings. The van der Waals surface area contributed by atoms with E-state index in [4.69, 9.17) is 14.2 Å². The van der Waals surface area contributed by atoms with E-state index in [1.54, 1.807) is 0 Å². The molecule has 1 atom stereocenters. The van der Waals surface area contributed by atoms with Crippen LogP contribution in [0.25, 0.3) is 11.1 Å². The molecule has 4 nitrogen and oxygen atoms in total. The zero-order valence-electron chi connectivity index (χ0n) is 31.2. The van der Waals surface area contributed by atoms with Gasteiger partial charge in [-0.3, -0.25) is 0 Å². The van der Waals surface area contributed by atoms with Crippen LogP contribution in [0, 0.1) is 0 Å². The van der Waals surface area contributed by atoms with Crippen LogP contribution in [0.15, 0.2) is 72.8 Å². The lowest BCUT2D eigenvalue weighted by Gasteiger charge is -2.14. The van der Waals surface area contributed by atoms with E-state index < -0.39 is 0 Å². The Balaban J connectivity index is 1.29. The number of ether oxygens (including phenoxy) is 3. The SMILES string of the molecule is CCCCCCCCCCCCOc1ccc(-c2ccc(OC(=O)c3ccc(C(C)OCCCCCCCCCCCC)cc3)cc2)cc1. The van der Waals surface area contributed by atoms with Crippen LogP contribution < -0.4 is 9.47 Å². The molecule has 0 bridgehead atoms. The highest BCUT2D eigenvalue weighted by molar-refractivity contribution is 5.91. The van der Waals surface area contributed by atoms with E-state index in [1.807, 2.05) is 60.7 Å². The van der Waals surface area contributed by atoms with Crippen molar-refractivity contribution in [3.63, 3.8) is 0 Å². The van der Waals surface area contributed by atoms with Crippen molar-refractivity contribution >= 4 is 5.97 Å². The first-order valence-electron chi connectivity index (χ1n) is 19.9. The second kappa shape index (κ2) is 25.8. The molecule has 0 aromatic heterocycles. The molecule has 0 heterocycles. The maximum atomic E-state index is 12.8. The van der Waals surface area contributed by atoms with Gasteiger partial charge in [-0.15, -0.1) is 0 Å². The zero-order chi connectivity index (χ0) is 34.8.